The second-order valence-electron chi connectivity index (χ2n) is 4.51. The number of cyclic esters (lactones) is 1. The Kier molecular flexibility index (Phi) is 3.42. The lowest BCUT2D eigenvalue weighted by Gasteiger charge is -2.27. The van der Waals surface area contributed by atoms with E-state index in [1.54, 1.807) is 27.7 Å². The van der Waals surface area contributed by atoms with Crippen LogP contribution in [-0.4, -0.2) is 42.1 Å². The number of esters is 1. The normalized spacial score (nSPS) is 25.6. The molecule has 0 N–H and O–H groups in total. The van der Waals surface area contributed by atoms with E-state index in [2.05, 4.69) is 0 Å². The van der Waals surface area contributed by atoms with Gasteiger partial charge in [0.15, 0.2) is 6.23 Å². The van der Waals surface area contributed by atoms with Gasteiger partial charge in [0.1, 0.15) is 5.60 Å². The molecular weight excluding hydrogens is 214 g/mol. The Balaban J connectivity index is 2.78. The predicted octanol–water partition coefficient (Wildman–Crippen LogP) is 1.10. The highest BCUT2D eigenvalue weighted by molar-refractivity contribution is 5.83. The number of carbonyl (C=O) groups is 2. The Morgan fingerprint density at radius 2 is 2.00 bits per heavy atom. The van der Waals surface area contributed by atoms with Gasteiger partial charge in [-0.15, -0.1) is 0 Å². The molecule has 16 heavy (non-hydrogen) atoms. The monoisotopic (exact) mass is 231 g/mol. The van der Waals surface area contributed by atoms with Crippen LogP contribution in [-0.2, 0) is 19.0 Å². The first kappa shape index (κ1) is 12.8. The van der Waals surface area contributed by atoms with Crippen LogP contribution in [0.25, 0.3) is 0 Å². The highest BCUT2D eigenvalue weighted by Gasteiger charge is 2.45. The molecule has 6 heteroatoms. The molecule has 1 aliphatic rings. The van der Waals surface area contributed by atoms with E-state index in [0.29, 0.717) is 0 Å². The van der Waals surface area contributed by atoms with Gasteiger partial charge in [-0.1, -0.05) is 0 Å². The van der Waals surface area contributed by atoms with Gasteiger partial charge in [-0.3, -0.25) is 0 Å². The summed E-state index contributed by atoms with van der Waals surface area (Å²) in [6.45, 7) is 6.82. The highest BCUT2D eigenvalue weighted by Crippen LogP contribution is 2.21. The average molecular weight is 231 g/mol. The number of rotatable bonds is 1. The number of hydrogen-bond acceptors (Lipinski definition) is 5. The lowest BCUT2D eigenvalue weighted by atomic mass is 10.2. The smallest absolute Gasteiger partial charge is 0.415 e. The van der Waals surface area contributed by atoms with Crippen molar-refractivity contribution < 1.29 is 23.8 Å². The molecule has 2 atom stereocenters. The molecule has 1 rings (SSSR count). The topological polar surface area (TPSA) is 65.1 Å². The molecule has 0 saturated carbocycles. The molecule has 0 aromatic rings. The van der Waals surface area contributed by atoms with Gasteiger partial charge >= 0.3 is 12.1 Å². The molecule has 1 fully saturated rings. The van der Waals surface area contributed by atoms with Crippen molar-refractivity contribution in [1.82, 2.24) is 4.90 Å². The first-order valence-electron chi connectivity index (χ1n) is 5.01. The summed E-state index contributed by atoms with van der Waals surface area (Å²) in [4.78, 5) is 24.2. The van der Waals surface area contributed by atoms with Gasteiger partial charge in [-0.05, 0) is 27.7 Å². The van der Waals surface area contributed by atoms with Crippen LogP contribution < -0.4 is 0 Å². The molecule has 2 unspecified atom stereocenters. The first-order chi connectivity index (χ1) is 7.26. The third kappa shape index (κ3) is 2.63. The number of hydrogen-bond donors (Lipinski definition) is 0. The summed E-state index contributed by atoms with van der Waals surface area (Å²) in [6.07, 6.45) is -2.32. The molecule has 1 aliphatic heterocycles. The van der Waals surface area contributed by atoms with E-state index in [1.165, 1.54) is 7.11 Å². The maximum atomic E-state index is 11.8. The molecule has 0 bridgehead atoms. The zero-order valence-corrected chi connectivity index (χ0v) is 10.1. The summed E-state index contributed by atoms with van der Waals surface area (Å²) < 4.78 is 14.9. The number of amides is 1. The SMILES string of the molecule is COC1C(=O)OC(C)N1C(=O)OC(C)(C)C. The third-order valence-corrected chi connectivity index (χ3v) is 1.96. The Labute approximate surface area is 94.4 Å². The zero-order chi connectivity index (χ0) is 12.5. The van der Waals surface area contributed by atoms with E-state index in [0.717, 1.165) is 4.90 Å². The van der Waals surface area contributed by atoms with Crippen molar-refractivity contribution in [3.8, 4) is 0 Å². The Bertz CT molecular complexity index is 296. The second-order valence-corrected chi connectivity index (χ2v) is 4.51. The van der Waals surface area contributed by atoms with Gasteiger partial charge in [0.2, 0.25) is 6.23 Å². The van der Waals surface area contributed by atoms with Crippen LogP contribution >= 0.6 is 0 Å². The molecule has 1 saturated heterocycles. The van der Waals surface area contributed by atoms with Crippen molar-refractivity contribution in [1.29, 1.82) is 0 Å². The van der Waals surface area contributed by atoms with Crippen LogP contribution in [0.2, 0.25) is 0 Å². The number of nitrogens with zero attached hydrogens (tertiary/aromatic N) is 1. The molecule has 1 heterocycles. The Hall–Kier alpha value is -1.30. The van der Waals surface area contributed by atoms with Gasteiger partial charge in [0.25, 0.3) is 0 Å². The number of ether oxygens (including phenoxy) is 3. The van der Waals surface area contributed by atoms with E-state index < -0.39 is 30.1 Å². The summed E-state index contributed by atoms with van der Waals surface area (Å²) in [7, 11) is 1.33. The Morgan fingerprint density at radius 1 is 1.44 bits per heavy atom. The number of methoxy groups -OCH3 is 1. The molecule has 0 radical (unpaired) electrons. The fourth-order valence-corrected chi connectivity index (χ4v) is 1.36. The standard InChI is InChI=1S/C10H17NO5/c1-6-11(7(14-5)8(12)15-6)9(13)16-10(2,3)4/h6-7H,1-5H3. The van der Waals surface area contributed by atoms with Gasteiger partial charge in [0.05, 0.1) is 0 Å². The number of carbonyl (C=O) groups excluding carboxylic acids is 2. The fourth-order valence-electron chi connectivity index (χ4n) is 1.36. The summed E-state index contributed by atoms with van der Waals surface area (Å²) in [5, 5.41) is 0. The van der Waals surface area contributed by atoms with E-state index in [4.69, 9.17) is 14.2 Å². The van der Waals surface area contributed by atoms with Crippen LogP contribution in [0.1, 0.15) is 27.7 Å². The van der Waals surface area contributed by atoms with Crippen LogP contribution in [0.3, 0.4) is 0 Å². The van der Waals surface area contributed by atoms with Gasteiger partial charge in [-0.25, -0.2) is 14.5 Å². The maximum absolute atomic E-state index is 11.8. The largest absolute Gasteiger partial charge is 0.444 e. The molecule has 1 amide bonds. The van der Waals surface area contributed by atoms with E-state index >= 15 is 0 Å². The molecular formula is C10H17NO5. The van der Waals surface area contributed by atoms with Crippen molar-refractivity contribution in [3.05, 3.63) is 0 Å². The third-order valence-electron chi connectivity index (χ3n) is 1.96. The van der Waals surface area contributed by atoms with Gasteiger partial charge in [0, 0.05) is 7.11 Å². The molecule has 92 valence electrons. The van der Waals surface area contributed by atoms with Crippen molar-refractivity contribution in [2.75, 3.05) is 7.11 Å². The second kappa shape index (κ2) is 4.29. The lowest BCUT2D eigenvalue weighted by Crippen LogP contribution is -2.45. The fraction of sp³-hybridized carbons (Fsp3) is 0.800. The van der Waals surface area contributed by atoms with Crippen LogP contribution in [0.15, 0.2) is 0 Å². The average Bonchev–Trinajstić information content (AvgIpc) is 2.37. The summed E-state index contributed by atoms with van der Waals surface area (Å²) >= 11 is 0. The van der Waals surface area contributed by atoms with Crippen LogP contribution in [0.4, 0.5) is 4.79 Å². The Morgan fingerprint density at radius 3 is 2.44 bits per heavy atom. The van der Waals surface area contributed by atoms with Crippen molar-refractivity contribution in [2.45, 2.75) is 45.8 Å². The maximum Gasteiger partial charge on any atom is 0.415 e. The van der Waals surface area contributed by atoms with Crippen LogP contribution in [0.5, 0.6) is 0 Å². The minimum Gasteiger partial charge on any atom is -0.444 e. The highest BCUT2D eigenvalue weighted by atomic mass is 16.6. The van der Waals surface area contributed by atoms with Crippen molar-refractivity contribution >= 4 is 12.1 Å². The molecule has 0 spiro atoms. The predicted molar refractivity (Wildman–Crippen MR) is 54.4 cm³/mol. The van der Waals surface area contributed by atoms with Crippen molar-refractivity contribution in [2.24, 2.45) is 0 Å². The molecule has 0 aromatic carbocycles. The summed E-state index contributed by atoms with van der Waals surface area (Å²) in [5.74, 6) is -0.583. The molecule has 6 nitrogen and oxygen atoms in total. The minimum atomic E-state index is -1.02. The van der Waals surface area contributed by atoms with E-state index in [-0.39, 0.29) is 0 Å². The van der Waals surface area contributed by atoms with E-state index in [1.807, 2.05) is 0 Å². The van der Waals surface area contributed by atoms with Gasteiger partial charge < -0.3 is 14.2 Å². The first-order valence-corrected chi connectivity index (χ1v) is 5.01. The van der Waals surface area contributed by atoms with Crippen molar-refractivity contribution in [3.63, 3.8) is 0 Å². The summed E-state index contributed by atoms with van der Waals surface area (Å²) in [5.41, 5.74) is -0.624. The lowest BCUT2D eigenvalue weighted by molar-refractivity contribution is -0.148. The van der Waals surface area contributed by atoms with Gasteiger partial charge in [-0.2, -0.15) is 0 Å². The summed E-state index contributed by atoms with van der Waals surface area (Å²) in [6, 6.07) is 0. The zero-order valence-electron chi connectivity index (χ0n) is 10.1. The van der Waals surface area contributed by atoms with E-state index in [9.17, 15) is 9.59 Å². The molecule has 0 aromatic heterocycles. The van der Waals surface area contributed by atoms with Crippen LogP contribution in [0, 0.1) is 0 Å². The quantitative estimate of drug-likeness (QED) is 0.632. The minimum absolute atomic E-state index is 0.583. The molecule has 0 aliphatic carbocycles.